The average Bonchev–Trinajstić information content (AvgIpc) is 3.24. The van der Waals surface area contributed by atoms with Gasteiger partial charge in [-0.15, -0.1) is 0 Å². The van der Waals surface area contributed by atoms with Gasteiger partial charge in [0.15, 0.2) is 6.10 Å². The van der Waals surface area contributed by atoms with Crippen LogP contribution in [0.3, 0.4) is 0 Å². The van der Waals surface area contributed by atoms with Crippen molar-refractivity contribution in [2.45, 2.75) is 226 Å². The van der Waals surface area contributed by atoms with Gasteiger partial charge in [-0.1, -0.05) is 221 Å². The lowest BCUT2D eigenvalue weighted by atomic mass is 10.1. The van der Waals surface area contributed by atoms with E-state index in [1.807, 2.05) is 60.8 Å². The molecule has 0 amide bonds. The van der Waals surface area contributed by atoms with Crippen LogP contribution in [0, 0.1) is 0 Å². The van der Waals surface area contributed by atoms with E-state index in [9.17, 15) is 14.4 Å². The van der Waals surface area contributed by atoms with Gasteiger partial charge in [0.2, 0.25) is 0 Å². The molecule has 0 saturated carbocycles. The van der Waals surface area contributed by atoms with Crippen molar-refractivity contribution < 1.29 is 28.6 Å². The van der Waals surface area contributed by atoms with Crippen LogP contribution in [-0.4, -0.2) is 37.2 Å². The molecular weight excluding hydrogens is 745 g/mol. The molecule has 0 aliphatic rings. The molecule has 0 heterocycles. The summed E-state index contributed by atoms with van der Waals surface area (Å²) in [5.41, 5.74) is 0. The Morgan fingerprint density at radius 1 is 0.350 bits per heavy atom. The van der Waals surface area contributed by atoms with Gasteiger partial charge >= 0.3 is 17.9 Å². The van der Waals surface area contributed by atoms with Crippen molar-refractivity contribution in [3.8, 4) is 0 Å². The topological polar surface area (TPSA) is 78.9 Å². The van der Waals surface area contributed by atoms with Gasteiger partial charge in [-0.2, -0.15) is 0 Å². The van der Waals surface area contributed by atoms with Crippen molar-refractivity contribution in [3.05, 3.63) is 85.1 Å². The third-order valence-electron chi connectivity index (χ3n) is 10.3. The molecule has 0 radical (unpaired) electrons. The Morgan fingerprint density at radius 2 is 0.667 bits per heavy atom. The van der Waals surface area contributed by atoms with E-state index in [2.05, 4.69) is 45.1 Å². The van der Waals surface area contributed by atoms with Crippen molar-refractivity contribution in [1.82, 2.24) is 0 Å². The largest absolute Gasteiger partial charge is 0.462 e. The highest BCUT2D eigenvalue weighted by Crippen LogP contribution is 2.14. The van der Waals surface area contributed by atoms with Gasteiger partial charge in [0.05, 0.1) is 0 Å². The van der Waals surface area contributed by atoms with Crippen LogP contribution in [-0.2, 0) is 28.6 Å². The number of esters is 3. The highest BCUT2D eigenvalue weighted by Gasteiger charge is 2.19. The van der Waals surface area contributed by atoms with E-state index in [1.165, 1.54) is 96.3 Å². The zero-order valence-electron chi connectivity index (χ0n) is 38.9. The summed E-state index contributed by atoms with van der Waals surface area (Å²) >= 11 is 0. The van der Waals surface area contributed by atoms with E-state index in [4.69, 9.17) is 14.2 Å². The molecule has 0 aromatic heterocycles. The number of ether oxygens (including phenoxy) is 3. The van der Waals surface area contributed by atoms with E-state index >= 15 is 0 Å². The molecule has 6 nitrogen and oxygen atoms in total. The smallest absolute Gasteiger partial charge is 0.306 e. The third kappa shape index (κ3) is 45.7. The van der Waals surface area contributed by atoms with Crippen molar-refractivity contribution in [3.63, 3.8) is 0 Å². The van der Waals surface area contributed by atoms with E-state index < -0.39 is 6.10 Å². The quantitative estimate of drug-likeness (QED) is 0.0200. The van der Waals surface area contributed by atoms with Gasteiger partial charge in [-0.25, -0.2) is 0 Å². The zero-order chi connectivity index (χ0) is 43.7. The van der Waals surface area contributed by atoms with Gasteiger partial charge in [0.25, 0.3) is 0 Å². The summed E-state index contributed by atoms with van der Waals surface area (Å²) in [5, 5.41) is 0. The maximum absolute atomic E-state index is 12.8. The fourth-order valence-electron chi connectivity index (χ4n) is 6.58. The zero-order valence-corrected chi connectivity index (χ0v) is 38.9. The van der Waals surface area contributed by atoms with Crippen LogP contribution >= 0.6 is 0 Å². The Balaban J connectivity index is 4.50. The van der Waals surface area contributed by atoms with Crippen LogP contribution in [0.1, 0.15) is 220 Å². The van der Waals surface area contributed by atoms with Crippen LogP contribution in [0.25, 0.3) is 0 Å². The Labute approximate surface area is 369 Å². The van der Waals surface area contributed by atoms with Crippen molar-refractivity contribution in [2.24, 2.45) is 0 Å². The molecule has 342 valence electrons. The summed E-state index contributed by atoms with van der Waals surface area (Å²) < 4.78 is 16.7. The van der Waals surface area contributed by atoms with E-state index in [0.717, 1.165) is 83.5 Å². The van der Waals surface area contributed by atoms with Crippen LogP contribution in [0.5, 0.6) is 0 Å². The Bertz CT molecular complexity index is 1190. The maximum atomic E-state index is 12.8. The second-order valence-electron chi connectivity index (χ2n) is 16.1. The van der Waals surface area contributed by atoms with Crippen molar-refractivity contribution in [1.29, 1.82) is 0 Å². The number of allylic oxidation sites excluding steroid dienone is 14. The highest BCUT2D eigenvalue weighted by molar-refractivity contribution is 5.71. The minimum atomic E-state index is -0.800. The molecule has 6 heteroatoms. The standard InChI is InChI=1S/C54H90O6/c1-4-7-10-13-16-19-22-24-26-27-28-30-32-35-38-41-44-47-53(56)59-50-51(49-58-52(55)46-43-40-37-34-31-21-18-15-12-9-6-3)60-54(57)48-45-42-39-36-33-29-25-23-20-17-14-11-8-5-2/h7,10,13,16,19,22,24,26-30,32-33,51H,4-6,8-9,11-12,14-15,17-18,20-21,23,25,31,34-50H2,1-3H3/b10-7-,16-13-,22-19-,26-24-,28-27+,32-30-,33-29-. The Morgan fingerprint density at radius 3 is 1.08 bits per heavy atom. The summed E-state index contributed by atoms with van der Waals surface area (Å²) in [4.78, 5) is 37.9. The molecule has 1 atom stereocenters. The van der Waals surface area contributed by atoms with Crippen LogP contribution in [0.2, 0.25) is 0 Å². The Hall–Kier alpha value is -3.41. The van der Waals surface area contributed by atoms with E-state index in [-0.39, 0.29) is 31.1 Å². The lowest BCUT2D eigenvalue weighted by Crippen LogP contribution is -2.30. The first-order chi connectivity index (χ1) is 29.5. The van der Waals surface area contributed by atoms with Crippen molar-refractivity contribution in [2.75, 3.05) is 13.2 Å². The molecule has 0 spiro atoms. The average molecular weight is 835 g/mol. The first-order valence-electron chi connectivity index (χ1n) is 24.7. The minimum absolute atomic E-state index is 0.0963. The molecule has 1 unspecified atom stereocenters. The molecule has 0 aliphatic carbocycles. The molecule has 0 fully saturated rings. The summed E-state index contributed by atoms with van der Waals surface area (Å²) in [7, 11) is 0. The third-order valence-corrected chi connectivity index (χ3v) is 10.3. The fourth-order valence-corrected chi connectivity index (χ4v) is 6.58. The Kier molecular flexibility index (Phi) is 45.5. The lowest BCUT2D eigenvalue weighted by Gasteiger charge is -2.18. The number of rotatable bonds is 43. The molecule has 0 N–H and O–H groups in total. The monoisotopic (exact) mass is 835 g/mol. The molecular formula is C54H90O6. The first kappa shape index (κ1) is 56.6. The number of carbonyl (C=O) groups excluding carboxylic acids is 3. The highest BCUT2D eigenvalue weighted by atomic mass is 16.6. The normalized spacial score (nSPS) is 12.8. The predicted molar refractivity (Wildman–Crippen MR) is 256 cm³/mol. The molecule has 0 aliphatic heterocycles. The molecule has 0 bridgehead atoms. The van der Waals surface area contributed by atoms with Crippen LogP contribution in [0.4, 0.5) is 0 Å². The minimum Gasteiger partial charge on any atom is -0.462 e. The number of unbranched alkanes of at least 4 members (excludes halogenated alkanes) is 23. The molecule has 0 rings (SSSR count). The summed E-state index contributed by atoms with van der Waals surface area (Å²) in [6.07, 6.45) is 61.3. The maximum Gasteiger partial charge on any atom is 0.306 e. The predicted octanol–water partition coefficient (Wildman–Crippen LogP) is 16.0. The van der Waals surface area contributed by atoms with Gasteiger partial charge < -0.3 is 14.2 Å². The summed E-state index contributed by atoms with van der Waals surface area (Å²) in [6, 6.07) is 0. The lowest BCUT2D eigenvalue weighted by molar-refractivity contribution is -0.167. The summed E-state index contributed by atoms with van der Waals surface area (Å²) in [5.74, 6) is -0.961. The second-order valence-corrected chi connectivity index (χ2v) is 16.1. The van der Waals surface area contributed by atoms with Crippen LogP contribution < -0.4 is 0 Å². The number of hydrogen-bond acceptors (Lipinski definition) is 6. The molecule has 60 heavy (non-hydrogen) atoms. The molecule has 0 aromatic rings. The van der Waals surface area contributed by atoms with Gasteiger partial charge in [0, 0.05) is 19.3 Å². The SMILES string of the molecule is CC\C=C/C=C\C=C/C=C\C=C\C=C/CCCCCC(=O)OCC(COC(=O)CCCCCCCCCCCCC)OC(=O)CCCCC/C=C\CCCCCCCCC. The number of carbonyl (C=O) groups is 3. The molecule has 0 aromatic carbocycles. The van der Waals surface area contributed by atoms with Gasteiger partial charge in [-0.3, -0.25) is 14.4 Å². The van der Waals surface area contributed by atoms with E-state index in [1.54, 1.807) is 0 Å². The summed E-state index contributed by atoms with van der Waals surface area (Å²) in [6.45, 7) is 6.42. The van der Waals surface area contributed by atoms with Gasteiger partial charge in [-0.05, 0) is 64.2 Å². The molecule has 0 saturated heterocycles. The van der Waals surface area contributed by atoms with E-state index in [0.29, 0.717) is 19.3 Å². The number of hydrogen-bond donors (Lipinski definition) is 0. The second kappa shape index (κ2) is 48.3. The van der Waals surface area contributed by atoms with Crippen molar-refractivity contribution >= 4 is 17.9 Å². The fraction of sp³-hybridized carbons (Fsp3) is 0.685. The first-order valence-corrected chi connectivity index (χ1v) is 24.7. The van der Waals surface area contributed by atoms with Crippen LogP contribution in [0.15, 0.2) is 85.1 Å². The van der Waals surface area contributed by atoms with Gasteiger partial charge in [0.1, 0.15) is 13.2 Å².